The van der Waals surface area contributed by atoms with Gasteiger partial charge in [0, 0.05) is 69.7 Å². The van der Waals surface area contributed by atoms with Gasteiger partial charge in [-0.05, 0) is 19.4 Å². The number of rotatable bonds is 8. The van der Waals surface area contributed by atoms with Crippen LogP contribution in [0.25, 0.3) is 0 Å². The lowest BCUT2D eigenvalue weighted by Crippen LogP contribution is -2.52. The molecular weight excluding hydrogens is 328 g/mol. The van der Waals surface area contributed by atoms with E-state index in [9.17, 15) is 5.11 Å². The third-order valence-electron chi connectivity index (χ3n) is 4.96. The summed E-state index contributed by atoms with van der Waals surface area (Å²) in [7, 11) is 1.95. The fourth-order valence-corrected chi connectivity index (χ4v) is 3.69. The zero-order valence-corrected chi connectivity index (χ0v) is 15.8. The largest absolute Gasteiger partial charge is 0.494 e. The molecule has 0 amide bonds. The van der Waals surface area contributed by atoms with E-state index in [-0.39, 0.29) is 6.61 Å². The van der Waals surface area contributed by atoms with Crippen molar-refractivity contribution in [3.8, 4) is 5.75 Å². The molecule has 1 N–H and O–H groups in total. The summed E-state index contributed by atoms with van der Waals surface area (Å²) in [5.41, 5.74) is 2.46. The van der Waals surface area contributed by atoms with Gasteiger partial charge in [0.2, 0.25) is 0 Å². The Morgan fingerprint density at radius 1 is 1.23 bits per heavy atom. The first-order valence-electron chi connectivity index (χ1n) is 9.45. The van der Waals surface area contributed by atoms with Crippen LogP contribution in [0.3, 0.4) is 0 Å². The number of benzene rings is 1. The number of para-hydroxylation sites is 1. The molecule has 6 nitrogen and oxygen atoms in total. The Morgan fingerprint density at radius 3 is 2.81 bits per heavy atom. The summed E-state index contributed by atoms with van der Waals surface area (Å²) in [5.74, 6) is 0.968. The lowest BCUT2D eigenvalue weighted by atomic mass is 10.1. The molecule has 0 bridgehead atoms. The Morgan fingerprint density at radius 2 is 2.08 bits per heavy atom. The van der Waals surface area contributed by atoms with Crippen LogP contribution in [0.15, 0.2) is 36.7 Å². The van der Waals surface area contributed by atoms with E-state index in [1.807, 2.05) is 37.0 Å². The summed E-state index contributed by atoms with van der Waals surface area (Å²) >= 11 is 0. The molecule has 0 saturated carbocycles. The van der Waals surface area contributed by atoms with E-state index in [2.05, 4.69) is 33.2 Å². The van der Waals surface area contributed by atoms with Gasteiger partial charge >= 0.3 is 0 Å². The summed E-state index contributed by atoms with van der Waals surface area (Å²) in [5, 5.41) is 13.8. The minimum absolute atomic E-state index is 0.217. The van der Waals surface area contributed by atoms with E-state index < -0.39 is 0 Å². The quantitative estimate of drug-likeness (QED) is 0.781. The number of hydrogen-bond acceptors (Lipinski definition) is 5. The monoisotopic (exact) mass is 358 g/mol. The normalized spacial score (nSPS) is 19.0. The molecule has 1 saturated heterocycles. The van der Waals surface area contributed by atoms with Gasteiger partial charge < -0.3 is 9.84 Å². The molecule has 1 aliphatic heterocycles. The number of aromatic nitrogens is 2. The van der Waals surface area contributed by atoms with Crippen molar-refractivity contribution in [1.82, 2.24) is 19.6 Å². The van der Waals surface area contributed by atoms with Crippen LogP contribution in [0.4, 0.5) is 0 Å². The molecule has 2 heterocycles. The average Bonchev–Trinajstić information content (AvgIpc) is 3.04. The highest BCUT2D eigenvalue weighted by Crippen LogP contribution is 2.23. The maximum atomic E-state index is 9.54. The Balaban J connectivity index is 1.65. The van der Waals surface area contributed by atoms with Gasteiger partial charge in [0.05, 0.1) is 12.8 Å². The molecule has 1 fully saturated rings. The third kappa shape index (κ3) is 4.84. The first-order chi connectivity index (χ1) is 12.7. The van der Waals surface area contributed by atoms with Crippen LogP contribution in [0, 0.1) is 0 Å². The molecule has 0 unspecified atom stereocenters. The third-order valence-corrected chi connectivity index (χ3v) is 4.96. The van der Waals surface area contributed by atoms with Gasteiger partial charge in [-0.25, -0.2) is 0 Å². The van der Waals surface area contributed by atoms with Crippen molar-refractivity contribution < 1.29 is 9.84 Å². The SMILES string of the molecule is CCOc1ccccc1CN1CCN(Cc2cnn(C)c2)C[C@H]1CCO. The van der Waals surface area contributed by atoms with E-state index in [4.69, 9.17) is 4.74 Å². The number of hydrogen-bond donors (Lipinski definition) is 1. The van der Waals surface area contributed by atoms with Crippen LogP contribution >= 0.6 is 0 Å². The summed E-state index contributed by atoms with van der Waals surface area (Å²) in [6.07, 6.45) is 4.80. The van der Waals surface area contributed by atoms with Gasteiger partial charge in [-0.1, -0.05) is 18.2 Å². The average molecular weight is 358 g/mol. The highest BCUT2D eigenvalue weighted by Gasteiger charge is 2.27. The summed E-state index contributed by atoms with van der Waals surface area (Å²) in [4.78, 5) is 4.94. The molecule has 26 heavy (non-hydrogen) atoms. The lowest BCUT2D eigenvalue weighted by molar-refractivity contribution is 0.0494. The topological polar surface area (TPSA) is 53.8 Å². The molecule has 2 aromatic rings. The van der Waals surface area contributed by atoms with Gasteiger partial charge in [0.25, 0.3) is 0 Å². The maximum Gasteiger partial charge on any atom is 0.123 e. The molecule has 142 valence electrons. The van der Waals surface area contributed by atoms with Crippen molar-refractivity contribution in [3.63, 3.8) is 0 Å². The molecule has 1 atom stereocenters. The number of piperazine rings is 1. The number of nitrogens with zero attached hydrogens (tertiary/aromatic N) is 4. The van der Waals surface area contributed by atoms with Gasteiger partial charge in [0.15, 0.2) is 0 Å². The lowest BCUT2D eigenvalue weighted by Gasteiger charge is -2.41. The first-order valence-corrected chi connectivity index (χ1v) is 9.45. The molecule has 0 aliphatic carbocycles. The van der Waals surface area contributed by atoms with E-state index >= 15 is 0 Å². The smallest absolute Gasteiger partial charge is 0.123 e. The van der Waals surface area contributed by atoms with E-state index in [1.54, 1.807) is 0 Å². The van der Waals surface area contributed by atoms with Crippen LogP contribution in [0.1, 0.15) is 24.5 Å². The van der Waals surface area contributed by atoms with Crippen molar-refractivity contribution in [2.45, 2.75) is 32.5 Å². The highest BCUT2D eigenvalue weighted by molar-refractivity contribution is 5.33. The number of ether oxygens (including phenoxy) is 1. The molecule has 3 rings (SSSR count). The molecule has 1 aromatic carbocycles. The highest BCUT2D eigenvalue weighted by atomic mass is 16.5. The second kappa shape index (κ2) is 9.16. The van der Waals surface area contributed by atoms with Crippen molar-refractivity contribution in [2.24, 2.45) is 7.05 Å². The number of aryl methyl sites for hydroxylation is 1. The Labute approximate surface area is 156 Å². The van der Waals surface area contributed by atoms with Gasteiger partial charge in [-0.2, -0.15) is 5.10 Å². The second-order valence-electron chi connectivity index (χ2n) is 6.93. The van der Waals surface area contributed by atoms with Crippen LogP contribution < -0.4 is 4.74 Å². The minimum atomic E-state index is 0.217. The first kappa shape index (κ1) is 18.9. The fourth-order valence-electron chi connectivity index (χ4n) is 3.69. The molecule has 1 aliphatic rings. The van der Waals surface area contributed by atoms with Crippen molar-refractivity contribution >= 4 is 0 Å². The maximum absolute atomic E-state index is 9.54. The van der Waals surface area contributed by atoms with Crippen molar-refractivity contribution in [3.05, 3.63) is 47.8 Å². The van der Waals surface area contributed by atoms with Crippen LogP contribution in [-0.2, 0) is 20.1 Å². The zero-order chi connectivity index (χ0) is 18.4. The Hall–Kier alpha value is -1.89. The van der Waals surface area contributed by atoms with Gasteiger partial charge in [-0.15, -0.1) is 0 Å². The summed E-state index contributed by atoms with van der Waals surface area (Å²) < 4.78 is 7.63. The van der Waals surface area contributed by atoms with Crippen LogP contribution in [0.5, 0.6) is 5.75 Å². The van der Waals surface area contributed by atoms with E-state index in [1.165, 1.54) is 11.1 Å². The Bertz CT molecular complexity index is 688. The molecule has 1 aromatic heterocycles. The van der Waals surface area contributed by atoms with Crippen molar-refractivity contribution in [1.29, 1.82) is 0 Å². The van der Waals surface area contributed by atoms with Gasteiger partial charge in [0.1, 0.15) is 5.75 Å². The fraction of sp³-hybridized carbons (Fsp3) is 0.550. The summed E-state index contributed by atoms with van der Waals surface area (Å²) in [6, 6.07) is 8.62. The van der Waals surface area contributed by atoms with E-state index in [0.29, 0.717) is 12.6 Å². The molecule has 6 heteroatoms. The van der Waals surface area contributed by atoms with Crippen molar-refractivity contribution in [2.75, 3.05) is 32.8 Å². The van der Waals surface area contributed by atoms with Crippen LogP contribution in [-0.4, -0.2) is 63.6 Å². The predicted molar refractivity (Wildman–Crippen MR) is 102 cm³/mol. The number of aliphatic hydroxyl groups excluding tert-OH is 1. The van der Waals surface area contributed by atoms with Gasteiger partial charge in [-0.3, -0.25) is 14.5 Å². The standard InChI is InChI=1S/C20H30N4O2/c1-3-26-20-7-5-4-6-18(20)15-24-10-9-23(16-19(24)8-11-25)14-17-12-21-22(2)13-17/h4-7,12-13,19,25H,3,8-11,14-16H2,1-2H3/t19-/m1/s1. The zero-order valence-electron chi connectivity index (χ0n) is 15.8. The second-order valence-corrected chi connectivity index (χ2v) is 6.93. The predicted octanol–water partition coefficient (Wildman–Crippen LogP) is 1.89. The molecular formula is C20H30N4O2. The Kier molecular flexibility index (Phi) is 6.66. The molecule has 0 radical (unpaired) electrons. The molecule has 0 spiro atoms. The van der Waals surface area contributed by atoms with E-state index in [0.717, 1.165) is 44.9 Å². The summed E-state index contributed by atoms with van der Waals surface area (Å²) in [6.45, 7) is 7.67. The van der Waals surface area contributed by atoms with Crippen LogP contribution in [0.2, 0.25) is 0 Å². The minimum Gasteiger partial charge on any atom is -0.494 e. The number of aliphatic hydroxyl groups is 1.